The van der Waals surface area contributed by atoms with Crippen molar-refractivity contribution < 1.29 is 9.47 Å². The van der Waals surface area contributed by atoms with Crippen LogP contribution in [0.3, 0.4) is 0 Å². The highest BCUT2D eigenvalue weighted by atomic mass is 16.5. The number of methoxy groups -OCH3 is 2. The first-order valence-corrected chi connectivity index (χ1v) is 6.09. The van der Waals surface area contributed by atoms with Gasteiger partial charge in [-0.05, 0) is 50.2 Å². The zero-order valence-corrected chi connectivity index (χ0v) is 10.7. The van der Waals surface area contributed by atoms with Gasteiger partial charge in [0.2, 0.25) is 0 Å². The van der Waals surface area contributed by atoms with E-state index in [1.807, 2.05) is 7.11 Å². The fourth-order valence-corrected chi connectivity index (χ4v) is 2.88. The first-order chi connectivity index (χ1) is 7.59. The van der Waals surface area contributed by atoms with Crippen molar-refractivity contribution in [2.75, 3.05) is 14.2 Å². The van der Waals surface area contributed by atoms with E-state index < -0.39 is 0 Å². The summed E-state index contributed by atoms with van der Waals surface area (Å²) < 4.78 is 11.0. The summed E-state index contributed by atoms with van der Waals surface area (Å²) in [6, 6.07) is 0. The van der Waals surface area contributed by atoms with E-state index in [9.17, 15) is 0 Å². The van der Waals surface area contributed by atoms with E-state index in [1.54, 1.807) is 7.11 Å². The maximum absolute atomic E-state index is 5.71. The first-order valence-electron chi connectivity index (χ1n) is 6.09. The van der Waals surface area contributed by atoms with E-state index in [0.29, 0.717) is 11.8 Å². The third kappa shape index (κ3) is 1.91. The van der Waals surface area contributed by atoms with E-state index in [4.69, 9.17) is 9.47 Å². The highest BCUT2D eigenvalue weighted by Crippen LogP contribution is 2.45. The molecule has 2 rings (SSSR count). The lowest BCUT2D eigenvalue weighted by Gasteiger charge is -2.44. The Labute approximate surface area is 98.3 Å². The van der Waals surface area contributed by atoms with Gasteiger partial charge in [0.05, 0.1) is 12.7 Å². The molecule has 0 N–H and O–H groups in total. The molecule has 2 aliphatic rings. The van der Waals surface area contributed by atoms with Crippen molar-refractivity contribution in [2.24, 2.45) is 11.8 Å². The van der Waals surface area contributed by atoms with Gasteiger partial charge in [0.15, 0.2) is 0 Å². The van der Waals surface area contributed by atoms with Gasteiger partial charge < -0.3 is 9.47 Å². The number of fused-ring (bicyclic) bond motifs is 1. The Hall–Kier alpha value is -0.760. The minimum Gasteiger partial charge on any atom is -0.497 e. The SMILES string of the molecule is COC1=CCC2CC(C)C(C)(OC)CC2=C1. The van der Waals surface area contributed by atoms with Crippen LogP contribution in [0.2, 0.25) is 0 Å². The number of rotatable bonds is 2. The minimum absolute atomic E-state index is 0.00146. The van der Waals surface area contributed by atoms with Gasteiger partial charge >= 0.3 is 0 Å². The predicted octanol–water partition coefficient (Wildman–Crippen LogP) is 3.30. The summed E-state index contributed by atoms with van der Waals surface area (Å²) in [6.45, 7) is 4.52. The molecule has 0 aromatic heterocycles. The summed E-state index contributed by atoms with van der Waals surface area (Å²) in [5.74, 6) is 2.34. The van der Waals surface area contributed by atoms with Crippen LogP contribution in [0.15, 0.2) is 23.5 Å². The largest absolute Gasteiger partial charge is 0.497 e. The molecule has 0 amide bonds. The molecule has 0 saturated heterocycles. The topological polar surface area (TPSA) is 18.5 Å². The van der Waals surface area contributed by atoms with Gasteiger partial charge in [-0.2, -0.15) is 0 Å². The van der Waals surface area contributed by atoms with Crippen LogP contribution in [0.4, 0.5) is 0 Å². The zero-order chi connectivity index (χ0) is 11.8. The average molecular weight is 222 g/mol. The van der Waals surface area contributed by atoms with Gasteiger partial charge in [-0.15, -0.1) is 0 Å². The van der Waals surface area contributed by atoms with Gasteiger partial charge in [0.25, 0.3) is 0 Å². The van der Waals surface area contributed by atoms with Gasteiger partial charge in [-0.1, -0.05) is 12.5 Å². The van der Waals surface area contributed by atoms with E-state index in [1.165, 1.54) is 12.0 Å². The summed E-state index contributed by atoms with van der Waals surface area (Å²) in [5, 5.41) is 0. The summed E-state index contributed by atoms with van der Waals surface area (Å²) >= 11 is 0. The number of hydrogen-bond acceptors (Lipinski definition) is 2. The van der Waals surface area contributed by atoms with E-state index >= 15 is 0 Å². The lowest BCUT2D eigenvalue weighted by Crippen LogP contribution is -2.42. The van der Waals surface area contributed by atoms with Crippen LogP contribution >= 0.6 is 0 Å². The van der Waals surface area contributed by atoms with Crippen LogP contribution in [0, 0.1) is 11.8 Å². The third-order valence-electron chi connectivity index (χ3n) is 4.39. The smallest absolute Gasteiger partial charge is 0.114 e. The van der Waals surface area contributed by atoms with Crippen LogP contribution in [-0.4, -0.2) is 19.8 Å². The molecule has 90 valence electrons. The second-order valence-corrected chi connectivity index (χ2v) is 5.29. The molecule has 2 nitrogen and oxygen atoms in total. The zero-order valence-electron chi connectivity index (χ0n) is 10.7. The van der Waals surface area contributed by atoms with Crippen molar-refractivity contribution in [3.63, 3.8) is 0 Å². The molecular formula is C14H22O2. The van der Waals surface area contributed by atoms with Crippen LogP contribution in [0.25, 0.3) is 0 Å². The quantitative estimate of drug-likeness (QED) is 0.713. The van der Waals surface area contributed by atoms with Crippen LogP contribution in [0.1, 0.15) is 33.1 Å². The Balaban J connectivity index is 2.21. The normalized spacial score (nSPS) is 38.5. The summed E-state index contributed by atoms with van der Waals surface area (Å²) in [4.78, 5) is 0. The second-order valence-electron chi connectivity index (χ2n) is 5.29. The molecule has 0 aliphatic heterocycles. The molecule has 0 aromatic carbocycles. The van der Waals surface area contributed by atoms with Gasteiger partial charge in [-0.3, -0.25) is 0 Å². The first kappa shape index (κ1) is 11.7. The standard InChI is InChI=1S/C14H22O2/c1-10-7-11-5-6-13(15-3)8-12(11)9-14(10,2)16-4/h6,8,10-11H,5,7,9H2,1-4H3. The predicted molar refractivity (Wildman–Crippen MR) is 65.1 cm³/mol. The maximum Gasteiger partial charge on any atom is 0.114 e. The van der Waals surface area contributed by atoms with Crippen molar-refractivity contribution in [3.05, 3.63) is 23.5 Å². The van der Waals surface area contributed by atoms with E-state index in [0.717, 1.165) is 18.6 Å². The lowest BCUT2D eigenvalue weighted by atomic mass is 9.67. The number of hydrogen-bond donors (Lipinski definition) is 0. The maximum atomic E-state index is 5.71. The molecule has 0 radical (unpaired) electrons. The molecular weight excluding hydrogens is 200 g/mol. The molecule has 1 fully saturated rings. The fourth-order valence-electron chi connectivity index (χ4n) is 2.88. The molecule has 0 heterocycles. The van der Waals surface area contributed by atoms with Crippen molar-refractivity contribution in [2.45, 2.75) is 38.7 Å². The fraction of sp³-hybridized carbons (Fsp3) is 0.714. The highest BCUT2D eigenvalue weighted by molar-refractivity contribution is 5.29. The minimum atomic E-state index is -0.00146. The van der Waals surface area contributed by atoms with Gasteiger partial charge in [0.1, 0.15) is 5.76 Å². The van der Waals surface area contributed by atoms with E-state index in [-0.39, 0.29) is 5.60 Å². The molecule has 1 saturated carbocycles. The molecule has 2 heteroatoms. The molecule has 2 aliphatic carbocycles. The van der Waals surface area contributed by atoms with Crippen LogP contribution < -0.4 is 0 Å². The molecule has 3 unspecified atom stereocenters. The lowest BCUT2D eigenvalue weighted by molar-refractivity contribution is -0.0573. The van der Waals surface area contributed by atoms with Gasteiger partial charge in [-0.25, -0.2) is 0 Å². The molecule has 0 bridgehead atoms. The van der Waals surface area contributed by atoms with E-state index in [2.05, 4.69) is 26.0 Å². The number of ether oxygens (including phenoxy) is 2. The Kier molecular flexibility index (Phi) is 3.11. The molecule has 3 atom stereocenters. The molecule has 16 heavy (non-hydrogen) atoms. The average Bonchev–Trinajstić information content (AvgIpc) is 2.30. The Morgan fingerprint density at radius 2 is 2.12 bits per heavy atom. The van der Waals surface area contributed by atoms with Crippen molar-refractivity contribution in [1.82, 2.24) is 0 Å². The number of allylic oxidation sites excluding steroid dienone is 2. The van der Waals surface area contributed by atoms with Crippen molar-refractivity contribution in [1.29, 1.82) is 0 Å². The second kappa shape index (κ2) is 4.25. The summed E-state index contributed by atoms with van der Waals surface area (Å²) in [5.41, 5.74) is 1.50. The van der Waals surface area contributed by atoms with Crippen molar-refractivity contribution in [3.8, 4) is 0 Å². The van der Waals surface area contributed by atoms with Crippen molar-refractivity contribution >= 4 is 0 Å². The van der Waals surface area contributed by atoms with Crippen LogP contribution in [-0.2, 0) is 9.47 Å². The molecule has 0 spiro atoms. The van der Waals surface area contributed by atoms with Crippen LogP contribution in [0.5, 0.6) is 0 Å². The highest BCUT2D eigenvalue weighted by Gasteiger charge is 2.40. The Morgan fingerprint density at radius 3 is 2.75 bits per heavy atom. The summed E-state index contributed by atoms with van der Waals surface area (Å²) in [7, 11) is 3.57. The third-order valence-corrected chi connectivity index (χ3v) is 4.39. The summed E-state index contributed by atoms with van der Waals surface area (Å²) in [6.07, 6.45) is 7.80. The molecule has 0 aromatic rings. The Bertz CT molecular complexity index is 330. The van der Waals surface area contributed by atoms with Gasteiger partial charge in [0, 0.05) is 7.11 Å². The Morgan fingerprint density at radius 1 is 1.38 bits per heavy atom. The monoisotopic (exact) mass is 222 g/mol.